The third-order valence-corrected chi connectivity index (χ3v) is 5.47. The SMILES string of the molecule is N#CC(C#N)=Cc1ccc2c(-c3ccccc3)c(C=C(C#N)C#N)ccc2c1-c1ccccc1. The zero-order valence-electron chi connectivity index (χ0n) is 18.0. The summed E-state index contributed by atoms with van der Waals surface area (Å²) in [7, 11) is 0. The molecule has 0 saturated heterocycles. The molecule has 0 saturated carbocycles. The highest BCUT2D eigenvalue weighted by molar-refractivity contribution is 6.09. The summed E-state index contributed by atoms with van der Waals surface area (Å²) in [4.78, 5) is 0. The van der Waals surface area contributed by atoms with E-state index < -0.39 is 0 Å². The van der Waals surface area contributed by atoms with Crippen LogP contribution in [0.1, 0.15) is 11.1 Å². The monoisotopic (exact) mass is 432 g/mol. The van der Waals surface area contributed by atoms with Crippen LogP contribution in [0.2, 0.25) is 0 Å². The predicted molar refractivity (Wildman–Crippen MR) is 133 cm³/mol. The first-order valence-electron chi connectivity index (χ1n) is 10.4. The topological polar surface area (TPSA) is 95.2 Å². The number of fused-ring (bicyclic) bond motifs is 1. The maximum absolute atomic E-state index is 9.32. The Bertz CT molecular complexity index is 1460. The number of benzene rings is 4. The highest BCUT2D eigenvalue weighted by atomic mass is 14.3. The Labute approximate surface area is 197 Å². The normalized spacial score (nSPS) is 9.65. The Morgan fingerprint density at radius 2 is 0.824 bits per heavy atom. The van der Waals surface area contributed by atoms with Crippen molar-refractivity contribution in [3.63, 3.8) is 0 Å². The highest BCUT2D eigenvalue weighted by Crippen LogP contribution is 2.40. The summed E-state index contributed by atoms with van der Waals surface area (Å²) < 4.78 is 0. The molecular weight excluding hydrogens is 416 g/mol. The zero-order valence-corrected chi connectivity index (χ0v) is 18.0. The van der Waals surface area contributed by atoms with E-state index in [1.807, 2.05) is 109 Å². The van der Waals surface area contributed by atoms with Gasteiger partial charge in [0.1, 0.15) is 35.4 Å². The second-order valence-corrected chi connectivity index (χ2v) is 7.45. The number of rotatable bonds is 4. The smallest absolute Gasteiger partial charge is 0.130 e. The molecule has 4 nitrogen and oxygen atoms in total. The molecule has 0 amide bonds. The van der Waals surface area contributed by atoms with E-state index in [2.05, 4.69) is 0 Å². The van der Waals surface area contributed by atoms with Gasteiger partial charge in [0.05, 0.1) is 0 Å². The molecule has 0 aliphatic carbocycles. The van der Waals surface area contributed by atoms with Gasteiger partial charge < -0.3 is 0 Å². The molecule has 0 N–H and O–H groups in total. The van der Waals surface area contributed by atoms with E-state index in [9.17, 15) is 21.0 Å². The van der Waals surface area contributed by atoms with Gasteiger partial charge in [-0.1, -0.05) is 84.9 Å². The fourth-order valence-electron chi connectivity index (χ4n) is 4.02. The molecule has 4 aromatic rings. The summed E-state index contributed by atoms with van der Waals surface area (Å²) in [6.07, 6.45) is 3.20. The van der Waals surface area contributed by atoms with Gasteiger partial charge in [-0.15, -0.1) is 0 Å². The van der Waals surface area contributed by atoms with E-state index in [0.717, 1.165) is 44.2 Å². The first-order chi connectivity index (χ1) is 16.7. The summed E-state index contributed by atoms with van der Waals surface area (Å²) in [5.74, 6) is 0. The van der Waals surface area contributed by atoms with Gasteiger partial charge in [0.15, 0.2) is 0 Å². The quantitative estimate of drug-likeness (QED) is 0.323. The fraction of sp³-hybridized carbons (Fsp3) is 0. The third kappa shape index (κ3) is 4.17. The second-order valence-electron chi connectivity index (χ2n) is 7.45. The van der Waals surface area contributed by atoms with Crippen molar-refractivity contribution in [1.82, 2.24) is 0 Å². The Morgan fingerprint density at radius 1 is 0.471 bits per heavy atom. The fourth-order valence-corrected chi connectivity index (χ4v) is 4.02. The summed E-state index contributed by atoms with van der Waals surface area (Å²) in [5.41, 5.74) is 5.25. The number of hydrogen-bond acceptors (Lipinski definition) is 4. The minimum absolute atomic E-state index is 0.0204. The van der Waals surface area contributed by atoms with E-state index in [-0.39, 0.29) is 11.1 Å². The van der Waals surface area contributed by atoms with Gasteiger partial charge in [-0.05, 0) is 56.3 Å². The molecule has 4 rings (SSSR count). The van der Waals surface area contributed by atoms with Gasteiger partial charge >= 0.3 is 0 Å². The minimum Gasteiger partial charge on any atom is -0.192 e. The van der Waals surface area contributed by atoms with Crippen LogP contribution < -0.4 is 0 Å². The molecule has 0 heterocycles. The van der Waals surface area contributed by atoms with Crippen LogP contribution >= 0.6 is 0 Å². The van der Waals surface area contributed by atoms with Gasteiger partial charge in [0, 0.05) is 0 Å². The number of nitriles is 4. The molecule has 0 unspecified atom stereocenters. The average Bonchev–Trinajstić information content (AvgIpc) is 2.90. The first kappa shape index (κ1) is 21.8. The molecule has 4 aromatic carbocycles. The lowest BCUT2D eigenvalue weighted by Gasteiger charge is -2.17. The average molecular weight is 432 g/mol. The van der Waals surface area contributed by atoms with E-state index >= 15 is 0 Å². The summed E-state index contributed by atoms with van der Waals surface area (Å²) in [6, 6.07) is 35.1. The minimum atomic E-state index is 0.0204. The maximum Gasteiger partial charge on any atom is 0.130 e. The van der Waals surface area contributed by atoms with Crippen molar-refractivity contribution < 1.29 is 0 Å². The molecule has 0 spiro atoms. The summed E-state index contributed by atoms with van der Waals surface area (Å²) in [5, 5.41) is 39.2. The Kier molecular flexibility index (Phi) is 6.29. The maximum atomic E-state index is 9.32. The number of nitrogens with zero attached hydrogens (tertiary/aromatic N) is 4. The van der Waals surface area contributed by atoms with Crippen LogP contribution in [0.15, 0.2) is 96.1 Å². The number of hydrogen-bond donors (Lipinski definition) is 0. The molecule has 0 aromatic heterocycles. The molecule has 0 aliphatic rings. The van der Waals surface area contributed by atoms with E-state index in [0.29, 0.717) is 0 Å². The molecule has 34 heavy (non-hydrogen) atoms. The van der Waals surface area contributed by atoms with Crippen LogP contribution in [0, 0.1) is 45.3 Å². The van der Waals surface area contributed by atoms with E-state index in [1.165, 1.54) is 0 Å². The molecule has 156 valence electrons. The van der Waals surface area contributed by atoms with Crippen molar-refractivity contribution in [3.05, 3.63) is 107 Å². The van der Waals surface area contributed by atoms with Crippen molar-refractivity contribution in [2.24, 2.45) is 0 Å². The first-order valence-corrected chi connectivity index (χ1v) is 10.4. The summed E-state index contributed by atoms with van der Waals surface area (Å²) in [6.45, 7) is 0. The molecule has 0 bridgehead atoms. The van der Waals surface area contributed by atoms with Gasteiger partial charge in [-0.3, -0.25) is 0 Å². The van der Waals surface area contributed by atoms with Crippen LogP contribution in [0.5, 0.6) is 0 Å². The van der Waals surface area contributed by atoms with Crippen molar-refractivity contribution in [1.29, 1.82) is 21.0 Å². The third-order valence-electron chi connectivity index (χ3n) is 5.47. The van der Waals surface area contributed by atoms with Crippen LogP contribution in [-0.4, -0.2) is 0 Å². The van der Waals surface area contributed by atoms with Crippen LogP contribution in [0.3, 0.4) is 0 Å². The van der Waals surface area contributed by atoms with E-state index in [4.69, 9.17) is 0 Å². The van der Waals surface area contributed by atoms with Crippen LogP contribution in [0.4, 0.5) is 0 Å². The molecule has 0 fully saturated rings. The largest absolute Gasteiger partial charge is 0.192 e. The van der Waals surface area contributed by atoms with Gasteiger partial charge in [-0.2, -0.15) is 21.0 Å². The van der Waals surface area contributed by atoms with Crippen LogP contribution in [-0.2, 0) is 0 Å². The molecule has 0 radical (unpaired) electrons. The van der Waals surface area contributed by atoms with Crippen molar-refractivity contribution in [3.8, 4) is 46.5 Å². The number of allylic oxidation sites excluding steroid dienone is 2. The zero-order chi connectivity index (χ0) is 23.9. The molecular formula is C30H16N4. The Morgan fingerprint density at radius 3 is 1.15 bits per heavy atom. The lowest BCUT2D eigenvalue weighted by Crippen LogP contribution is -1.92. The van der Waals surface area contributed by atoms with Crippen molar-refractivity contribution >= 4 is 22.9 Å². The lowest BCUT2D eigenvalue weighted by molar-refractivity contribution is 1.47. The predicted octanol–water partition coefficient (Wildman–Crippen LogP) is 7.03. The van der Waals surface area contributed by atoms with Crippen LogP contribution in [0.25, 0.3) is 45.2 Å². The summed E-state index contributed by atoms with van der Waals surface area (Å²) >= 11 is 0. The molecule has 0 atom stereocenters. The molecule has 4 heteroatoms. The van der Waals surface area contributed by atoms with Gasteiger partial charge in [0.25, 0.3) is 0 Å². The standard InChI is InChI=1S/C30H16N4/c31-17-21(18-32)15-25-11-14-28-27(29(25)23-7-3-1-4-8-23)13-12-26(16-22(19-33)20-34)30(28)24-9-5-2-6-10-24/h1-16H. The van der Waals surface area contributed by atoms with Crippen molar-refractivity contribution in [2.45, 2.75) is 0 Å². The van der Waals surface area contributed by atoms with Gasteiger partial charge in [-0.25, -0.2) is 0 Å². The lowest BCUT2D eigenvalue weighted by atomic mass is 9.86. The van der Waals surface area contributed by atoms with E-state index in [1.54, 1.807) is 12.2 Å². The van der Waals surface area contributed by atoms with Crippen molar-refractivity contribution in [2.75, 3.05) is 0 Å². The van der Waals surface area contributed by atoms with Gasteiger partial charge in [0.2, 0.25) is 0 Å². The Balaban J connectivity index is 2.16. The molecule has 0 aliphatic heterocycles. The Hall–Kier alpha value is -5.42. The second kappa shape index (κ2) is 9.80. The highest BCUT2D eigenvalue weighted by Gasteiger charge is 2.15.